The second-order valence-corrected chi connectivity index (χ2v) is 6.36. The first kappa shape index (κ1) is 15.7. The normalized spacial score (nSPS) is 23.2. The largest absolute Gasteiger partial charge is 0.334 e. The van der Waals surface area contributed by atoms with Crippen molar-refractivity contribution in [2.24, 2.45) is 0 Å². The number of carbonyl (C=O) groups is 1. The van der Waals surface area contributed by atoms with Gasteiger partial charge in [0, 0.05) is 12.6 Å². The lowest BCUT2D eigenvalue weighted by molar-refractivity contribution is 0.225. The number of hydrogen-bond acceptors (Lipinski definition) is 2. The van der Waals surface area contributed by atoms with E-state index < -0.39 is 0 Å². The van der Waals surface area contributed by atoms with Crippen LogP contribution in [0.2, 0.25) is 0 Å². The Morgan fingerprint density at radius 3 is 2.83 bits per heavy atom. The van der Waals surface area contributed by atoms with Crippen LogP contribution in [0.4, 0.5) is 4.79 Å². The van der Waals surface area contributed by atoms with Crippen molar-refractivity contribution >= 4 is 15.3 Å². The molecular formula is C13H28N3OP. The molecule has 1 rings (SSSR count). The number of hydrogen-bond donors (Lipinski definition) is 3. The van der Waals surface area contributed by atoms with Crippen molar-refractivity contribution in [3.63, 3.8) is 0 Å². The van der Waals surface area contributed by atoms with Crippen LogP contribution in [-0.4, -0.2) is 30.4 Å². The van der Waals surface area contributed by atoms with E-state index in [4.69, 9.17) is 0 Å². The molecule has 0 spiro atoms. The lowest BCUT2D eigenvalue weighted by Crippen LogP contribution is -2.53. The standard InChI is InChI=1S/C13H28N3OP/c1-3-5-8-13(18,4-2)16-12(17)15-11-7-6-9-14-10-11/h11,14H,3-10,18H2,1-2H3,(H2,15,16,17). The molecule has 1 aliphatic heterocycles. The molecule has 0 aromatic heterocycles. The van der Waals surface area contributed by atoms with Crippen molar-refractivity contribution in [2.75, 3.05) is 13.1 Å². The smallest absolute Gasteiger partial charge is 0.315 e. The van der Waals surface area contributed by atoms with E-state index in [0.717, 1.165) is 51.6 Å². The predicted molar refractivity (Wildman–Crippen MR) is 79.8 cm³/mol. The summed E-state index contributed by atoms with van der Waals surface area (Å²) in [6, 6.07) is 0.243. The van der Waals surface area contributed by atoms with E-state index in [1.165, 1.54) is 0 Å². The van der Waals surface area contributed by atoms with Gasteiger partial charge in [0.2, 0.25) is 0 Å². The van der Waals surface area contributed by atoms with Gasteiger partial charge in [-0.3, -0.25) is 0 Å². The Morgan fingerprint density at radius 1 is 1.50 bits per heavy atom. The van der Waals surface area contributed by atoms with Crippen LogP contribution in [0.3, 0.4) is 0 Å². The van der Waals surface area contributed by atoms with Crippen molar-refractivity contribution < 1.29 is 4.79 Å². The van der Waals surface area contributed by atoms with Crippen molar-refractivity contribution in [3.8, 4) is 0 Å². The summed E-state index contributed by atoms with van der Waals surface area (Å²) < 4.78 is 0. The third kappa shape index (κ3) is 5.53. The van der Waals surface area contributed by atoms with E-state index in [2.05, 4.69) is 39.0 Å². The zero-order valence-electron chi connectivity index (χ0n) is 11.7. The summed E-state index contributed by atoms with van der Waals surface area (Å²) in [5.74, 6) is 0. The van der Waals surface area contributed by atoms with Crippen LogP contribution in [0, 0.1) is 0 Å². The van der Waals surface area contributed by atoms with E-state index in [1.807, 2.05) is 0 Å². The van der Waals surface area contributed by atoms with Gasteiger partial charge >= 0.3 is 6.03 Å². The Balaban J connectivity index is 2.35. The topological polar surface area (TPSA) is 53.2 Å². The Labute approximate surface area is 113 Å². The van der Waals surface area contributed by atoms with Gasteiger partial charge in [-0.05, 0) is 32.2 Å². The fourth-order valence-electron chi connectivity index (χ4n) is 2.24. The number of nitrogens with one attached hydrogen (secondary N) is 3. The first-order chi connectivity index (χ1) is 8.59. The van der Waals surface area contributed by atoms with Gasteiger partial charge in [-0.15, -0.1) is 9.24 Å². The van der Waals surface area contributed by atoms with Crippen molar-refractivity contribution in [2.45, 2.75) is 63.7 Å². The molecule has 4 nitrogen and oxygen atoms in total. The highest BCUT2D eigenvalue weighted by atomic mass is 31.0. The maximum absolute atomic E-state index is 12.0. The highest BCUT2D eigenvalue weighted by Crippen LogP contribution is 2.25. The fraction of sp³-hybridized carbons (Fsp3) is 0.923. The van der Waals surface area contributed by atoms with Gasteiger partial charge in [0.05, 0.1) is 5.28 Å². The van der Waals surface area contributed by atoms with Crippen LogP contribution in [0.25, 0.3) is 0 Å². The molecule has 0 saturated carbocycles. The summed E-state index contributed by atoms with van der Waals surface area (Å²) in [6.45, 7) is 6.25. The molecule has 0 aromatic rings. The monoisotopic (exact) mass is 273 g/mol. The molecule has 0 aromatic carbocycles. The van der Waals surface area contributed by atoms with Crippen LogP contribution in [0.1, 0.15) is 52.4 Å². The van der Waals surface area contributed by atoms with E-state index in [-0.39, 0.29) is 17.4 Å². The Hall–Kier alpha value is -0.340. The molecular weight excluding hydrogens is 245 g/mol. The SMILES string of the molecule is CCCCC(P)(CC)NC(=O)NC1CCCNC1. The van der Waals surface area contributed by atoms with Crippen LogP contribution in [0.5, 0.6) is 0 Å². The molecule has 0 radical (unpaired) electrons. The van der Waals surface area contributed by atoms with Gasteiger partial charge < -0.3 is 16.0 Å². The summed E-state index contributed by atoms with van der Waals surface area (Å²) in [4.78, 5) is 12.0. The number of piperidine rings is 1. The minimum Gasteiger partial charge on any atom is -0.334 e. The van der Waals surface area contributed by atoms with E-state index in [9.17, 15) is 4.79 Å². The number of carbonyl (C=O) groups excluding carboxylic acids is 1. The Bertz CT molecular complexity index is 257. The van der Waals surface area contributed by atoms with Crippen LogP contribution in [0.15, 0.2) is 0 Å². The van der Waals surface area contributed by atoms with E-state index in [0.29, 0.717) is 0 Å². The first-order valence-electron chi connectivity index (χ1n) is 7.18. The van der Waals surface area contributed by atoms with E-state index in [1.54, 1.807) is 0 Å². The molecule has 1 heterocycles. The Morgan fingerprint density at radius 2 is 2.28 bits per heavy atom. The molecule has 1 aliphatic rings. The van der Waals surface area contributed by atoms with Gasteiger partial charge in [-0.1, -0.05) is 26.7 Å². The maximum Gasteiger partial charge on any atom is 0.315 e. The molecule has 1 fully saturated rings. The molecule has 5 heteroatoms. The second-order valence-electron chi connectivity index (χ2n) is 5.25. The minimum absolute atomic E-state index is 0.0309. The molecule has 3 atom stereocenters. The lowest BCUT2D eigenvalue weighted by Gasteiger charge is -2.31. The summed E-state index contributed by atoms with van der Waals surface area (Å²) in [5.41, 5.74) is 0. The van der Waals surface area contributed by atoms with Crippen molar-refractivity contribution in [1.29, 1.82) is 0 Å². The summed E-state index contributed by atoms with van der Waals surface area (Å²) in [7, 11) is 2.82. The molecule has 2 amide bonds. The number of rotatable bonds is 6. The maximum atomic E-state index is 12.0. The number of unbranched alkanes of at least 4 members (excludes halogenated alkanes) is 1. The lowest BCUT2D eigenvalue weighted by atomic mass is 10.1. The molecule has 3 unspecified atom stereocenters. The fourth-order valence-corrected chi connectivity index (χ4v) is 2.58. The average Bonchev–Trinajstić information content (AvgIpc) is 2.37. The van der Waals surface area contributed by atoms with Crippen LogP contribution in [-0.2, 0) is 0 Å². The zero-order chi connectivity index (χ0) is 13.4. The summed E-state index contributed by atoms with van der Waals surface area (Å²) in [5, 5.41) is 9.32. The highest BCUT2D eigenvalue weighted by Gasteiger charge is 2.25. The highest BCUT2D eigenvalue weighted by molar-refractivity contribution is 7.18. The number of urea groups is 1. The van der Waals surface area contributed by atoms with Crippen LogP contribution < -0.4 is 16.0 Å². The van der Waals surface area contributed by atoms with Gasteiger partial charge in [0.25, 0.3) is 0 Å². The minimum atomic E-state index is -0.151. The molecule has 106 valence electrons. The first-order valence-corrected chi connectivity index (χ1v) is 7.75. The third-order valence-electron chi connectivity index (χ3n) is 3.60. The average molecular weight is 273 g/mol. The second kappa shape index (κ2) is 7.96. The zero-order valence-corrected chi connectivity index (χ0v) is 12.9. The predicted octanol–water partition coefficient (Wildman–Crippen LogP) is 2.21. The molecule has 1 saturated heterocycles. The molecule has 0 bridgehead atoms. The number of amides is 2. The summed E-state index contributed by atoms with van der Waals surface area (Å²) >= 11 is 0. The summed E-state index contributed by atoms with van der Waals surface area (Å²) in [6.07, 6.45) is 6.47. The molecule has 0 aliphatic carbocycles. The molecule has 3 N–H and O–H groups in total. The van der Waals surface area contributed by atoms with Crippen molar-refractivity contribution in [3.05, 3.63) is 0 Å². The van der Waals surface area contributed by atoms with Gasteiger partial charge in [0.1, 0.15) is 0 Å². The van der Waals surface area contributed by atoms with Gasteiger partial charge in [0.15, 0.2) is 0 Å². The van der Waals surface area contributed by atoms with E-state index >= 15 is 0 Å². The van der Waals surface area contributed by atoms with Gasteiger partial charge in [-0.25, -0.2) is 4.79 Å². The molecule has 18 heavy (non-hydrogen) atoms. The third-order valence-corrected chi connectivity index (χ3v) is 4.44. The van der Waals surface area contributed by atoms with Gasteiger partial charge in [-0.2, -0.15) is 0 Å². The Kier molecular flexibility index (Phi) is 6.95. The quantitative estimate of drug-likeness (QED) is 0.650. The van der Waals surface area contributed by atoms with Crippen molar-refractivity contribution in [1.82, 2.24) is 16.0 Å². The van der Waals surface area contributed by atoms with Crippen LogP contribution >= 0.6 is 9.24 Å².